The zero-order chi connectivity index (χ0) is 16.6. The van der Waals surface area contributed by atoms with E-state index in [-0.39, 0.29) is 16.8 Å². The van der Waals surface area contributed by atoms with Crippen molar-refractivity contribution in [3.8, 4) is 0 Å². The maximum Gasteiger partial charge on any atom is 0.266 e. The fourth-order valence-corrected chi connectivity index (χ4v) is 3.19. The summed E-state index contributed by atoms with van der Waals surface area (Å²) in [6.07, 6.45) is 2.35. The normalized spacial score (nSPS) is 20.9. The van der Waals surface area contributed by atoms with Crippen LogP contribution in [0.15, 0.2) is 34.6 Å². The van der Waals surface area contributed by atoms with Gasteiger partial charge in [-0.15, -0.1) is 12.6 Å². The van der Waals surface area contributed by atoms with Gasteiger partial charge in [0.1, 0.15) is 6.17 Å². The van der Waals surface area contributed by atoms with Crippen molar-refractivity contribution in [2.45, 2.75) is 30.3 Å². The van der Waals surface area contributed by atoms with E-state index in [1.165, 1.54) is 0 Å². The summed E-state index contributed by atoms with van der Waals surface area (Å²) in [7, 11) is 0. The van der Waals surface area contributed by atoms with Gasteiger partial charge in [-0.05, 0) is 31.4 Å². The van der Waals surface area contributed by atoms with Crippen molar-refractivity contribution in [2.75, 3.05) is 11.9 Å². The second-order valence-corrected chi connectivity index (χ2v) is 6.33. The zero-order valence-corrected chi connectivity index (χ0v) is 13.8. The Bertz CT molecular complexity index is 707. The van der Waals surface area contributed by atoms with Crippen LogP contribution in [0.2, 0.25) is 5.02 Å². The molecule has 2 aliphatic rings. The molecule has 0 aromatic heterocycles. The smallest absolute Gasteiger partial charge is 0.266 e. The van der Waals surface area contributed by atoms with Crippen molar-refractivity contribution < 1.29 is 14.7 Å². The highest BCUT2D eigenvalue weighted by molar-refractivity contribution is 7.80. The molecular formula is C15H16ClN3O3S. The number of hydrogen-bond acceptors (Lipinski definition) is 5. The van der Waals surface area contributed by atoms with Crippen molar-refractivity contribution in [2.24, 2.45) is 0 Å². The SMILES string of the molecule is O=C(Nc1cccc(S)c1Cl)C1=C(O)NC2CCCCN2C1=O. The van der Waals surface area contributed by atoms with E-state index in [4.69, 9.17) is 11.6 Å². The number of thiol groups is 1. The number of halogens is 1. The second-order valence-electron chi connectivity index (χ2n) is 5.47. The number of carbonyl (C=O) groups is 2. The Morgan fingerprint density at radius 3 is 3.00 bits per heavy atom. The van der Waals surface area contributed by atoms with Gasteiger partial charge in [-0.1, -0.05) is 17.7 Å². The van der Waals surface area contributed by atoms with E-state index in [2.05, 4.69) is 23.3 Å². The molecule has 6 nitrogen and oxygen atoms in total. The van der Waals surface area contributed by atoms with Crippen LogP contribution in [0.5, 0.6) is 0 Å². The molecule has 8 heteroatoms. The molecule has 1 unspecified atom stereocenters. The third kappa shape index (κ3) is 2.98. The molecule has 2 aliphatic heterocycles. The lowest BCUT2D eigenvalue weighted by molar-refractivity contribution is -0.135. The van der Waals surface area contributed by atoms with E-state index in [0.717, 1.165) is 19.3 Å². The van der Waals surface area contributed by atoms with Gasteiger partial charge in [-0.3, -0.25) is 9.59 Å². The van der Waals surface area contributed by atoms with Crippen molar-refractivity contribution in [1.29, 1.82) is 0 Å². The van der Waals surface area contributed by atoms with Gasteiger partial charge in [-0.2, -0.15) is 0 Å². The maximum absolute atomic E-state index is 12.5. The van der Waals surface area contributed by atoms with Gasteiger partial charge >= 0.3 is 0 Å². The monoisotopic (exact) mass is 353 g/mol. The van der Waals surface area contributed by atoms with Crippen LogP contribution in [0.3, 0.4) is 0 Å². The maximum atomic E-state index is 12.5. The summed E-state index contributed by atoms with van der Waals surface area (Å²) < 4.78 is 0. The van der Waals surface area contributed by atoms with Crippen molar-refractivity contribution in [3.63, 3.8) is 0 Å². The minimum absolute atomic E-state index is 0.253. The number of nitrogens with zero attached hydrogens (tertiary/aromatic N) is 1. The number of amides is 2. The molecule has 3 N–H and O–H groups in total. The van der Waals surface area contributed by atoms with Gasteiger partial charge in [0, 0.05) is 11.4 Å². The number of piperidine rings is 1. The van der Waals surface area contributed by atoms with Crippen LogP contribution in [0.25, 0.3) is 0 Å². The number of hydrogen-bond donors (Lipinski definition) is 4. The second kappa shape index (κ2) is 6.33. The van der Waals surface area contributed by atoms with Gasteiger partial charge in [0.15, 0.2) is 5.57 Å². The Labute approximate surface area is 143 Å². The Kier molecular flexibility index (Phi) is 4.41. The van der Waals surface area contributed by atoms with E-state index in [1.807, 2.05) is 0 Å². The van der Waals surface area contributed by atoms with Crippen molar-refractivity contribution in [1.82, 2.24) is 10.2 Å². The summed E-state index contributed by atoms with van der Waals surface area (Å²) in [4.78, 5) is 27.0. The average Bonchev–Trinajstić information content (AvgIpc) is 2.52. The minimum atomic E-state index is -0.704. The first kappa shape index (κ1) is 16.0. The minimum Gasteiger partial charge on any atom is -0.494 e. The van der Waals surface area contributed by atoms with Gasteiger partial charge in [-0.25, -0.2) is 0 Å². The molecule has 0 radical (unpaired) electrons. The van der Waals surface area contributed by atoms with E-state index in [0.29, 0.717) is 17.1 Å². The molecule has 1 fully saturated rings. The molecule has 1 aromatic rings. The Balaban J connectivity index is 1.86. The summed E-state index contributed by atoms with van der Waals surface area (Å²) in [6.45, 7) is 0.563. The van der Waals surface area contributed by atoms with Gasteiger partial charge < -0.3 is 20.6 Å². The average molecular weight is 354 g/mol. The fraction of sp³-hybridized carbons (Fsp3) is 0.333. The molecule has 1 saturated heterocycles. The number of anilines is 1. The Morgan fingerprint density at radius 1 is 1.43 bits per heavy atom. The number of aliphatic hydroxyl groups excluding tert-OH is 1. The lowest BCUT2D eigenvalue weighted by atomic mass is 10.0. The van der Waals surface area contributed by atoms with Gasteiger partial charge in [0.25, 0.3) is 11.8 Å². The predicted molar refractivity (Wildman–Crippen MR) is 89.5 cm³/mol. The molecule has 1 atom stereocenters. The number of rotatable bonds is 2. The number of aliphatic hydroxyl groups is 1. The van der Waals surface area contributed by atoms with Crippen LogP contribution < -0.4 is 10.6 Å². The summed E-state index contributed by atoms with van der Waals surface area (Å²) >= 11 is 10.3. The van der Waals surface area contributed by atoms with E-state index < -0.39 is 17.7 Å². The van der Waals surface area contributed by atoms with Crippen LogP contribution in [0, 0.1) is 0 Å². The van der Waals surface area contributed by atoms with Gasteiger partial charge in [0.05, 0.1) is 10.7 Å². The number of carbonyl (C=O) groups excluding carboxylic acids is 2. The Morgan fingerprint density at radius 2 is 2.22 bits per heavy atom. The molecule has 2 heterocycles. The van der Waals surface area contributed by atoms with Crippen molar-refractivity contribution >= 4 is 41.7 Å². The predicted octanol–water partition coefficient (Wildman–Crippen LogP) is 2.28. The summed E-state index contributed by atoms with van der Waals surface area (Å²) in [6, 6.07) is 4.96. The van der Waals surface area contributed by atoms with E-state index >= 15 is 0 Å². The lowest BCUT2D eigenvalue weighted by Crippen LogP contribution is -2.56. The first-order valence-corrected chi connectivity index (χ1v) is 8.11. The van der Waals surface area contributed by atoms with E-state index in [1.54, 1.807) is 23.1 Å². The van der Waals surface area contributed by atoms with Crippen LogP contribution in [0.4, 0.5) is 5.69 Å². The quantitative estimate of drug-likeness (QED) is 0.485. The first-order valence-electron chi connectivity index (χ1n) is 7.28. The molecule has 2 amide bonds. The topological polar surface area (TPSA) is 81.7 Å². The molecule has 0 bridgehead atoms. The molecular weight excluding hydrogens is 338 g/mol. The van der Waals surface area contributed by atoms with Crippen LogP contribution in [0.1, 0.15) is 19.3 Å². The summed E-state index contributed by atoms with van der Waals surface area (Å²) in [5.74, 6) is -1.57. The molecule has 122 valence electrons. The molecule has 0 aliphatic carbocycles. The first-order chi connectivity index (χ1) is 11.0. The number of fused-ring (bicyclic) bond motifs is 1. The van der Waals surface area contributed by atoms with Gasteiger partial charge in [0.2, 0.25) is 5.88 Å². The van der Waals surface area contributed by atoms with E-state index in [9.17, 15) is 14.7 Å². The summed E-state index contributed by atoms with van der Waals surface area (Å²) in [5, 5.41) is 15.7. The fourth-order valence-electron chi connectivity index (χ4n) is 2.81. The molecule has 23 heavy (non-hydrogen) atoms. The largest absolute Gasteiger partial charge is 0.494 e. The van der Waals surface area contributed by atoms with Crippen LogP contribution >= 0.6 is 24.2 Å². The van der Waals surface area contributed by atoms with Crippen LogP contribution in [-0.4, -0.2) is 34.5 Å². The molecule has 3 rings (SSSR count). The summed E-state index contributed by atoms with van der Waals surface area (Å²) in [5.41, 5.74) is 0.0295. The molecule has 0 saturated carbocycles. The van der Waals surface area contributed by atoms with Crippen LogP contribution in [-0.2, 0) is 9.59 Å². The highest BCUT2D eigenvalue weighted by Gasteiger charge is 2.38. The third-order valence-electron chi connectivity index (χ3n) is 3.97. The highest BCUT2D eigenvalue weighted by atomic mass is 35.5. The molecule has 1 aromatic carbocycles. The van der Waals surface area contributed by atoms with Crippen molar-refractivity contribution in [3.05, 3.63) is 34.7 Å². The lowest BCUT2D eigenvalue weighted by Gasteiger charge is -2.39. The standard InChI is InChI=1S/C15H16ClN3O3S/c16-12-8(4-3-5-9(12)23)17-13(20)11-14(21)18-10-6-1-2-7-19(10)15(11)22/h3-5,10,18,21,23H,1-2,6-7H2,(H,17,20). The highest BCUT2D eigenvalue weighted by Crippen LogP contribution is 2.29. The third-order valence-corrected chi connectivity index (χ3v) is 4.88. The number of benzene rings is 1. The number of nitrogens with one attached hydrogen (secondary N) is 2. The zero-order valence-electron chi connectivity index (χ0n) is 12.2. The Hall–Kier alpha value is -1.86. The molecule has 0 spiro atoms.